The van der Waals surface area contributed by atoms with Crippen LogP contribution in [0.3, 0.4) is 0 Å². The number of ether oxygens (including phenoxy) is 1. The molecule has 6 nitrogen and oxygen atoms in total. The second kappa shape index (κ2) is 8.88. The third-order valence-corrected chi connectivity index (χ3v) is 8.13. The Kier molecular flexibility index (Phi) is 5.75. The zero-order valence-electron chi connectivity index (χ0n) is 19.3. The van der Waals surface area contributed by atoms with Gasteiger partial charge in [0.15, 0.2) is 0 Å². The van der Waals surface area contributed by atoms with Crippen molar-refractivity contribution in [2.24, 2.45) is 11.8 Å². The van der Waals surface area contributed by atoms with Gasteiger partial charge in [-0.05, 0) is 56.1 Å². The molecule has 1 aliphatic heterocycles. The van der Waals surface area contributed by atoms with E-state index in [4.69, 9.17) is 26.3 Å². The van der Waals surface area contributed by atoms with Gasteiger partial charge in [0.05, 0.1) is 40.5 Å². The van der Waals surface area contributed by atoms with Crippen molar-refractivity contribution < 1.29 is 4.74 Å². The van der Waals surface area contributed by atoms with Crippen molar-refractivity contribution in [1.82, 2.24) is 19.5 Å². The lowest BCUT2D eigenvalue weighted by Crippen LogP contribution is -2.49. The third-order valence-electron chi connectivity index (χ3n) is 7.93. The average Bonchev–Trinajstić information content (AvgIpc) is 3.45. The standard InChI is InChI=1S/C26H32ClN5O/c1-17-5-7-18(8-6-17)16-32-25-21(9-10-29-24(25)19-13-20(27)15-28-14-19)30-26(32)31-11-12-33-23-4-2-3-22(23)31/h9-10,13-15,17-18,22-23H,2-8,11-12,16H2,1H3/t17?,18?,22-,23-/m1/s1. The van der Waals surface area contributed by atoms with Gasteiger partial charge >= 0.3 is 0 Å². The van der Waals surface area contributed by atoms with Crippen LogP contribution in [0.4, 0.5) is 5.95 Å². The normalized spacial score (nSPS) is 27.8. The minimum Gasteiger partial charge on any atom is -0.374 e. The number of fused-ring (bicyclic) bond motifs is 2. The SMILES string of the molecule is CC1CCC(Cn2c(N3CCO[C@@H]4CCC[C@H]43)nc3ccnc(-c4cncc(Cl)c4)c32)CC1. The Bertz CT molecular complexity index is 1140. The number of halogens is 1. The van der Waals surface area contributed by atoms with Crippen LogP contribution in [0.15, 0.2) is 30.7 Å². The monoisotopic (exact) mass is 465 g/mol. The molecule has 0 spiro atoms. The summed E-state index contributed by atoms with van der Waals surface area (Å²) in [5, 5.41) is 0.626. The summed E-state index contributed by atoms with van der Waals surface area (Å²) in [6.07, 6.45) is 14.5. The molecule has 6 rings (SSSR count). The van der Waals surface area contributed by atoms with Crippen LogP contribution in [0.1, 0.15) is 51.9 Å². The van der Waals surface area contributed by atoms with E-state index in [0.717, 1.165) is 60.3 Å². The summed E-state index contributed by atoms with van der Waals surface area (Å²) < 4.78 is 8.59. The molecule has 0 N–H and O–H groups in total. The Morgan fingerprint density at radius 3 is 2.85 bits per heavy atom. The lowest BCUT2D eigenvalue weighted by atomic mass is 9.83. The summed E-state index contributed by atoms with van der Waals surface area (Å²) in [7, 11) is 0. The minimum atomic E-state index is 0.331. The topological polar surface area (TPSA) is 56.1 Å². The fourth-order valence-electron chi connectivity index (χ4n) is 6.16. The van der Waals surface area contributed by atoms with E-state index < -0.39 is 0 Å². The van der Waals surface area contributed by atoms with Crippen molar-refractivity contribution in [1.29, 1.82) is 0 Å². The molecule has 3 aliphatic rings. The van der Waals surface area contributed by atoms with Crippen LogP contribution < -0.4 is 4.90 Å². The summed E-state index contributed by atoms with van der Waals surface area (Å²) in [6.45, 7) is 5.04. The van der Waals surface area contributed by atoms with Crippen LogP contribution in [0.5, 0.6) is 0 Å². The Balaban J connectivity index is 1.48. The van der Waals surface area contributed by atoms with Gasteiger partial charge in [-0.15, -0.1) is 0 Å². The number of aromatic nitrogens is 4. The van der Waals surface area contributed by atoms with E-state index >= 15 is 0 Å². The predicted octanol–water partition coefficient (Wildman–Crippen LogP) is 5.73. The molecule has 174 valence electrons. The number of nitrogens with zero attached hydrogens (tertiary/aromatic N) is 5. The Morgan fingerprint density at radius 2 is 2.00 bits per heavy atom. The quantitative estimate of drug-likeness (QED) is 0.492. The van der Waals surface area contributed by atoms with Crippen LogP contribution in [0, 0.1) is 11.8 Å². The predicted molar refractivity (Wildman–Crippen MR) is 132 cm³/mol. The maximum Gasteiger partial charge on any atom is 0.207 e. The molecule has 3 aromatic rings. The number of hydrogen-bond donors (Lipinski definition) is 0. The number of morpholine rings is 1. The van der Waals surface area contributed by atoms with Gasteiger partial charge < -0.3 is 14.2 Å². The fraction of sp³-hybridized carbons (Fsp3) is 0.577. The summed E-state index contributed by atoms with van der Waals surface area (Å²) in [4.78, 5) is 16.9. The molecule has 1 saturated heterocycles. The van der Waals surface area contributed by atoms with Crippen LogP contribution in [0.25, 0.3) is 22.3 Å². The number of rotatable bonds is 4. The zero-order valence-corrected chi connectivity index (χ0v) is 20.0. The van der Waals surface area contributed by atoms with Gasteiger partial charge in [0.2, 0.25) is 5.95 Å². The van der Waals surface area contributed by atoms with E-state index in [0.29, 0.717) is 23.1 Å². The van der Waals surface area contributed by atoms with Crippen LogP contribution >= 0.6 is 11.6 Å². The summed E-state index contributed by atoms with van der Waals surface area (Å²) in [5.74, 6) is 2.60. The summed E-state index contributed by atoms with van der Waals surface area (Å²) >= 11 is 6.31. The van der Waals surface area contributed by atoms with Crippen LogP contribution in [-0.2, 0) is 11.3 Å². The fourth-order valence-corrected chi connectivity index (χ4v) is 6.33. The van der Waals surface area contributed by atoms with E-state index in [1.165, 1.54) is 38.5 Å². The second-order valence-electron chi connectivity index (χ2n) is 10.2. The van der Waals surface area contributed by atoms with E-state index in [1.54, 1.807) is 6.20 Å². The van der Waals surface area contributed by atoms with Crippen molar-refractivity contribution in [3.63, 3.8) is 0 Å². The Hall–Kier alpha value is -2.18. The second-order valence-corrected chi connectivity index (χ2v) is 10.6. The smallest absolute Gasteiger partial charge is 0.207 e. The van der Waals surface area contributed by atoms with Crippen molar-refractivity contribution >= 4 is 28.6 Å². The third kappa shape index (κ3) is 4.01. The highest BCUT2D eigenvalue weighted by Crippen LogP contribution is 2.38. The maximum atomic E-state index is 6.31. The zero-order chi connectivity index (χ0) is 22.4. The highest BCUT2D eigenvalue weighted by molar-refractivity contribution is 6.30. The number of anilines is 1. The lowest BCUT2D eigenvalue weighted by Gasteiger charge is -2.39. The molecule has 2 saturated carbocycles. The molecule has 0 amide bonds. The van der Waals surface area contributed by atoms with Crippen molar-refractivity contribution in [2.75, 3.05) is 18.1 Å². The molecule has 33 heavy (non-hydrogen) atoms. The minimum absolute atomic E-state index is 0.331. The molecular formula is C26H32ClN5O. The van der Waals surface area contributed by atoms with Gasteiger partial charge in [0.1, 0.15) is 0 Å². The summed E-state index contributed by atoms with van der Waals surface area (Å²) in [5.41, 5.74) is 3.97. The first kappa shape index (κ1) is 21.4. The Labute approximate surface area is 200 Å². The van der Waals surface area contributed by atoms with Crippen molar-refractivity contribution in [3.05, 3.63) is 35.7 Å². The van der Waals surface area contributed by atoms with Gasteiger partial charge in [0, 0.05) is 37.2 Å². The largest absolute Gasteiger partial charge is 0.374 e. The average molecular weight is 466 g/mol. The molecule has 2 aliphatic carbocycles. The molecule has 0 aromatic carbocycles. The first-order chi connectivity index (χ1) is 16.2. The van der Waals surface area contributed by atoms with E-state index in [2.05, 4.69) is 21.4 Å². The van der Waals surface area contributed by atoms with Gasteiger partial charge in [0.25, 0.3) is 0 Å². The number of pyridine rings is 2. The molecule has 2 atom stereocenters. The Morgan fingerprint density at radius 1 is 1.12 bits per heavy atom. The molecule has 0 radical (unpaired) electrons. The molecule has 7 heteroatoms. The molecule has 3 fully saturated rings. The van der Waals surface area contributed by atoms with E-state index in [9.17, 15) is 0 Å². The number of imidazole rings is 1. The van der Waals surface area contributed by atoms with Crippen molar-refractivity contribution in [3.8, 4) is 11.3 Å². The molecule has 0 unspecified atom stereocenters. The molecule has 4 heterocycles. The summed E-state index contributed by atoms with van der Waals surface area (Å²) in [6, 6.07) is 4.42. The first-order valence-electron chi connectivity index (χ1n) is 12.5. The van der Waals surface area contributed by atoms with Crippen LogP contribution in [-0.4, -0.2) is 44.8 Å². The lowest BCUT2D eigenvalue weighted by molar-refractivity contribution is 0.0247. The van der Waals surface area contributed by atoms with Crippen LogP contribution in [0.2, 0.25) is 5.02 Å². The highest BCUT2D eigenvalue weighted by Gasteiger charge is 2.38. The van der Waals surface area contributed by atoms with Gasteiger partial charge in [-0.3, -0.25) is 9.97 Å². The van der Waals surface area contributed by atoms with Crippen molar-refractivity contribution in [2.45, 2.75) is 70.6 Å². The molecule has 3 aromatic heterocycles. The number of hydrogen-bond acceptors (Lipinski definition) is 5. The highest BCUT2D eigenvalue weighted by atomic mass is 35.5. The molecular weight excluding hydrogens is 434 g/mol. The van der Waals surface area contributed by atoms with Gasteiger partial charge in [-0.1, -0.05) is 31.4 Å². The van der Waals surface area contributed by atoms with E-state index in [-0.39, 0.29) is 0 Å². The maximum absolute atomic E-state index is 6.31. The first-order valence-corrected chi connectivity index (χ1v) is 12.9. The molecule has 0 bridgehead atoms. The van der Waals surface area contributed by atoms with Gasteiger partial charge in [-0.25, -0.2) is 4.98 Å². The van der Waals surface area contributed by atoms with E-state index in [1.807, 2.05) is 24.5 Å². The van der Waals surface area contributed by atoms with Gasteiger partial charge in [-0.2, -0.15) is 0 Å².